The Bertz CT molecular complexity index is 1000. The van der Waals surface area contributed by atoms with Gasteiger partial charge in [0.15, 0.2) is 5.82 Å². The van der Waals surface area contributed by atoms with Crippen molar-refractivity contribution in [1.29, 1.82) is 0 Å². The molecule has 0 fully saturated rings. The summed E-state index contributed by atoms with van der Waals surface area (Å²) in [5.74, 6) is -0.0419. The van der Waals surface area contributed by atoms with Crippen LogP contribution < -0.4 is 10.1 Å². The van der Waals surface area contributed by atoms with E-state index in [4.69, 9.17) is 9.47 Å². The Morgan fingerprint density at radius 3 is 2.48 bits per heavy atom. The summed E-state index contributed by atoms with van der Waals surface area (Å²) in [6.07, 6.45) is -4.43. The Hall–Kier alpha value is -3.40. The molecule has 0 aliphatic heterocycles. The van der Waals surface area contributed by atoms with Crippen LogP contribution in [0, 0.1) is 0 Å². The van der Waals surface area contributed by atoms with Crippen molar-refractivity contribution in [2.24, 2.45) is 0 Å². The van der Waals surface area contributed by atoms with Crippen molar-refractivity contribution in [3.8, 4) is 23.1 Å². The molecule has 0 radical (unpaired) electrons. The molecule has 0 saturated carbocycles. The molecular formula is C19H17F3N4O3. The van der Waals surface area contributed by atoms with E-state index in [2.05, 4.69) is 15.4 Å². The molecule has 0 aliphatic carbocycles. The molecule has 7 nitrogen and oxygen atoms in total. The first-order chi connectivity index (χ1) is 13.8. The molecule has 0 atom stereocenters. The molecule has 3 rings (SSSR count). The number of alkyl halides is 3. The second-order valence-corrected chi connectivity index (χ2v) is 5.94. The second kappa shape index (κ2) is 8.31. The van der Waals surface area contributed by atoms with Crippen LogP contribution in [0.2, 0.25) is 0 Å². The largest absolute Gasteiger partial charge is 0.466 e. The molecule has 1 amide bonds. The third-order valence-electron chi connectivity index (χ3n) is 3.89. The van der Waals surface area contributed by atoms with Crippen LogP contribution in [0.5, 0.6) is 6.01 Å². The van der Waals surface area contributed by atoms with Gasteiger partial charge in [0, 0.05) is 18.4 Å². The lowest BCUT2D eigenvalue weighted by Gasteiger charge is -2.10. The molecule has 152 valence electrons. The smallest absolute Gasteiger partial charge is 0.416 e. The van der Waals surface area contributed by atoms with Gasteiger partial charge >= 0.3 is 12.2 Å². The number of halogens is 3. The van der Waals surface area contributed by atoms with Gasteiger partial charge in [-0.2, -0.15) is 18.2 Å². The highest BCUT2D eigenvalue weighted by Gasteiger charge is 2.30. The molecular weight excluding hydrogens is 389 g/mol. The van der Waals surface area contributed by atoms with E-state index in [1.807, 2.05) is 0 Å². The molecule has 3 aromatic rings. The van der Waals surface area contributed by atoms with Gasteiger partial charge in [0.05, 0.1) is 18.4 Å². The predicted octanol–water partition coefficient (Wildman–Crippen LogP) is 3.55. The van der Waals surface area contributed by atoms with E-state index in [9.17, 15) is 18.0 Å². The number of nitrogens with one attached hydrogen (secondary N) is 1. The summed E-state index contributed by atoms with van der Waals surface area (Å²) in [6.45, 7) is -0.0990. The second-order valence-electron chi connectivity index (χ2n) is 5.94. The Morgan fingerprint density at radius 1 is 1.14 bits per heavy atom. The van der Waals surface area contributed by atoms with Crippen molar-refractivity contribution >= 4 is 11.6 Å². The highest BCUT2D eigenvalue weighted by Crippen LogP contribution is 2.31. The van der Waals surface area contributed by atoms with E-state index in [1.54, 1.807) is 24.3 Å². The third-order valence-corrected chi connectivity index (χ3v) is 3.89. The number of carbonyl (C=O) groups is 1. The first-order valence-electron chi connectivity index (χ1n) is 8.39. The summed E-state index contributed by atoms with van der Waals surface area (Å²) in [5.41, 5.74) is 0.688. The number of ether oxygens (including phenoxy) is 2. The van der Waals surface area contributed by atoms with E-state index in [0.29, 0.717) is 16.9 Å². The Kier molecular flexibility index (Phi) is 5.83. The van der Waals surface area contributed by atoms with Crippen molar-refractivity contribution in [2.75, 3.05) is 26.1 Å². The van der Waals surface area contributed by atoms with E-state index in [0.717, 1.165) is 12.1 Å². The van der Waals surface area contributed by atoms with Crippen LogP contribution in [0.4, 0.5) is 18.9 Å². The molecule has 1 N–H and O–H groups in total. The lowest BCUT2D eigenvalue weighted by molar-refractivity contribution is -0.137. The molecule has 1 aromatic heterocycles. The maximum Gasteiger partial charge on any atom is 0.416 e. The minimum absolute atomic E-state index is 0.0497. The van der Waals surface area contributed by atoms with Gasteiger partial charge in [-0.1, -0.05) is 18.2 Å². The number of methoxy groups -OCH3 is 2. The summed E-state index contributed by atoms with van der Waals surface area (Å²) < 4.78 is 49.8. The molecule has 0 saturated heterocycles. The number of amides is 1. The first kappa shape index (κ1) is 20.3. The highest BCUT2D eigenvalue weighted by atomic mass is 19.4. The predicted molar refractivity (Wildman–Crippen MR) is 98.9 cm³/mol. The van der Waals surface area contributed by atoms with Crippen LogP contribution in [-0.4, -0.2) is 41.5 Å². The Balaban J connectivity index is 1.99. The fourth-order valence-corrected chi connectivity index (χ4v) is 2.60. The number of rotatable bonds is 6. The highest BCUT2D eigenvalue weighted by molar-refractivity contribution is 5.91. The Labute approximate surface area is 164 Å². The van der Waals surface area contributed by atoms with Crippen LogP contribution in [-0.2, 0) is 15.7 Å². The van der Waals surface area contributed by atoms with Crippen LogP contribution in [0.1, 0.15) is 5.56 Å². The first-order valence-corrected chi connectivity index (χ1v) is 8.39. The van der Waals surface area contributed by atoms with Gasteiger partial charge in [0.2, 0.25) is 5.91 Å². The van der Waals surface area contributed by atoms with Crippen molar-refractivity contribution in [3.63, 3.8) is 0 Å². The average molecular weight is 406 g/mol. The topological polar surface area (TPSA) is 78.3 Å². The summed E-state index contributed by atoms with van der Waals surface area (Å²) in [4.78, 5) is 16.0. The third kappa shape index (κ3) is 4.72. The van der Waals surface area contributed by atoms with Crippen molar-refractivity contribution in [3.05, 3.63) is 54.1 Å². The molecule has 0 spiro atoms. The average Bonchev–Trinajstić information content (AvgIpc) is 3.12. The number of nitrogens with zero attached hydrogens (tertiary/aromatic N) is 3. The fraction of sp³-hybridized carbons (Fsp3) is 0.211. The van der Waals surface area contributed by atoms with Gasteiger partial charge in [-0.15, -0.1) is 5.10 Å². The molecule has 0 unspecified atom stereocenters. The van der Waals surface area contributed by atoms with E-state index >= 15 is 0 Å². The molecule has 1 heterocycles. The number of hydrogen-bond donors (Lipinski definition) is 1. The monoisotopic (exact) mass is 406 g/mol. The molecule has 0 bridgehead atoms. The molecule has 0 aliphatic rings. The number of carbonyl (C=O) groups excluding carboxylic acids is 1. The minimum atomic E-state index is -4.43. The summed E-state index contributed by atoms with van der Waals surface area (Å²) in [6, 6.07) is 11.4. The fourth-order valence-electron chi connectivity index (χ4n) is 2.60. The van der Waals surface area contributed by atoms with Gasteiger partial charge in [-0.05, 0) is 30.3 Å². The molecule has 29 heavy (non-hydrogen) atoms. The van der Waals surface area contributed by atoms with E-state index < -0.39 is 11.7 Å². The van der Waals surface area contributed by atoms with Crippen LogP contribution in [0.15, 0.2) is 48.5 Å². The molecule has 10 heteroatoms. The SMILES string of the molecule is COCC(=O)Nc1cccc(-n2nc(OC)nc2-c2ccc(C(F)(F)F)cc2)c1. The van der Waals surface area contributed by atoms with Gasteiger partial charge in [-0.3, -0.25) is 4.79 Å². The zero-order chi connectivity index (χ0) is 21.0. The Morgan fingerprint density at radius 2 is 1.86 bits per heavy atom. The zero-order valence-corrected chi connectivity index (χ0v) is 15.5. The summed E-state index contributed by atoms with van der Waals surface area (Å²) in [7, 11) is 2.80. The van der Waals surface area contributed by atoms with Crippen molar-refractivity contribution in [2.45, 2.75) is 6.18 Å². The zero-order valence-electron chi connectivity index (χ0n) is 15.5. The van der Waals surface area contributed by atoms with E-state index in [1.165, 1.54) is 31.0 Å². The number of anilines is 1. The van der Waals surface area contributed by atoms with Gasteiger partial charge in [-0.25, -0.2) is 4.68 Å². The minimum Gasteiger partial charge on any atom is -0.466 e. The molecule has 2 aromatic carbocycles. The van der Waals surface area contributed by atoms with Gasteiger partial charge in [0.25, 0.3) is 0 Å². The van der Waals surface area contributed by atoms with Crippen LogP contribution >= 0.6 is 0 Å². The van der Waals surface area contributed by atoms with Crippen LogP contribution in [0.3, 0.4) is 0 Å². The maximum absolute atomic E-state index is 12.8. The lowest BCUT2D eigenvalue weighted by Crippen LogP contribution is -2.17. The summed E-state index contributed by atoms with van der Waals surface area (Å²) in [5, 5.41) is 6.90. The number of hydrogen-bond acceptors (Lipinski definition) is 5. The quantitative estimate of drug-likeness (QED) is 0.678. The standard InChI is InChI=1S/C19H17F3N4O3/c1-28-11-16(27)23-14-4-3-5-15(10-14)26-17(24-18(25-26)29-2)12-6-8-13(9-7-12)19(20,21)22/h3-10H,11H2,1-2H3,(H,23,27). The number of aromatic nitrogens is 3. The van der Waals surface area contributed by atoms with Crippen molar-refractivity contribution < 1.29 is 27.4 Å². The van der Waals surface area contributed by atoms with Crippen LogP contribution in [0.25, 0.3) is 17.1 Å². The maximum atomic E-state index is 12.8. The lowest BCUT2D eigenvalue weighted by atomic mass is 10.1. The van der Waals surface area contributed by atoms with E-state index in [-0.39, 0.29) is 24.3 Å². The summed E-state index contributed by atoms with van der Waals surface area (Å²) >= 11 is 0. The van der Waals surface area contributed by atoms with Crippen molar-refractivity contribution in [1.82, 2.24) is 14.8 Å². The number of benzene rings is 2. The van der Waals surface area contributed by atoms with Gasteiger partial charge < -0.3 is 14.8 Å². The normalized spacial score (nSPS) is 11.3. The van der Waals surface area contributed by atoms with Gasteiger partial charge in [0.1, 0.15) is 6.61 Å².